The van der Waals surface area contributed by atoms with Crippen LogP contribution < -0.4 is 10.1 Å². The highest BCUT2D eigenvalue weighted by Gasteiger charge is 2.29. The van der Waals surface area contributed by atoms with Crippen LogP contribution in [0.15, 0.2) is 28.7 Å². The standard InChI is InChI=1S/C21H24N2O5/c1-13-9-19(28-14(13)2)17-11-20(24)22-18-10-15(3-4-16(17)18)27-12-21(25)23-5-7-26-8-6-23/h3-4,9-10,17H,5-8,11-12H2,1-2H3,(H,22,24). The average molecular weight is 384 g/mol. The zero-order chi connectivity index (χ0) is 19.7. The minimum absolute atomic E-state index is 0.0350. The Morgan fingerprint density at radius 2 is 2.04 bits per heavy atom. The molecule has 3 heterocycles. The third-order valence-electron chi connectivity index (χ3n) is 5.32. The molecule has 2 aliphatic heterocycles. The van der Waals surface area contributed by atoms with Crippen molar-refractivity contribution in [1.82, 2.24) is 4.90 Å². The topological polar surface area (TPSA) is 81.0 Å². The van der Waals surface area contributed by atoms with Crippen LogP contribution in [-0.2, 0) is 14.3 Å². The molecule has 0 bridgehead atoms. The number of nitrogens with one attached hydrogen (secondary N) is 1. The number of fused-ring (bicyclic) bond motifs is 1. The molecule has 1 fully saturated rings. The first-order chi connectivity index (χ1) is 13.5. The van der Waals surface area contributed by atoms with Crippen LogP contribution in [-0.4, -0.2) is 49.6 Å². The lowest BCUT2D eigenvalue weighted by Crippen LogP contribution is -2.42. The molecule has 1 aromatic carbocycles. The monoisotopic (exact) mass is 384 g/mol. The molecule has 0 radical (unpaired) electrons. The van der Waals surface area contributed by atoms with Crippen molar-refractivity contribution in [2.24, 2.45) is 0 Å². The van der Waals surface area contributed by atoms with E-state index in [1.54, 1.807) is 11.0 Å². The van der Waals surface area contributed by atoms with Crippen LogP contribution in [0, 0.1) is 13.8 Å². The summed E-state index contributed by atoms with van der Waals surface area (Å²) in [4.78, 5) is 26.2. The van der Waals surface area contributed by atoms with Gasteiger partial charge in [0, 0.05) is 31.3 Å². The molecule has 1 saturated heterocycles. The van der Waals surface area contributed by atoms with Crippen LogP contribution in [0.3, 0.4) is 0 Å². The Bertz CT molecular complexity index is 879. The second-order valence-corrected chi connectivity index (χ2v) is 7.22. The number of amides is 2. The SMILES string of the molecule is Cc1cc(C2CC(=O)Nc3cc(OCC(=O)N4CCOCC4)ccc32)oc1C. The van der Waals surface area contributed by atoms with E-state index in [1.165, 1.54) is 0 Å². The molecule has 0 aliphatic carbocycles. The summed E-state index contributed by atoms with van der Waals surface area (Å²) in [5, 5.41) is 2.90. The van der Waals surface area contributed by atoms with Crippen molar-refractivity contribution in [3.05, 3.63) is 46.9 Å². The Morgan fingerprint density at radius 3 is 2.75 bits per heavy atom. The van der Waals surface area contributed by atoms with Gasteiger partial charge in [0.1, 0.15) is 17.3 Å². The minimum Gasteiger partial charge on any atom is -0.484 e. The summed E-state index contributed by atoms with van der Waals surface area (Å²) in [6.07, 6.45) is 0.342. The number of benzene rings is 1. The molecule has 0 spiro atoms. The van der Waals surface area contributed by atoms with Gasteiger partial charge in [0.15, 0.2) is 6.61 Å². The van der Waals surface area contributed by atoms with Gasteiger partial charge in [-0.05, 0) is 37.1 Å². The Balaban J connectivity index is 1.50. The summed E-state index contributed by atoms with van der Waals surface area (Å²) in [5.41, 5.74) is 2.76. The highest BCUT2D eigenvalue weighted by molar-refractivity contribution is 5.95. The highest BCUT2D eigenvalue weighted by Crippen LogP contribution is 2.39. The van der Waals surface area contributed by atoms with Crippen LogP contribution in [0.5, 0.6) is 5.75 Å². The molecule has 4 rings (SSSR count). The normalized spacial score (nSPS) is 19.1. The molecule has 2 aliphatic rings. The molecule has 1 aromatic heterocycles. The van der Waals surface area contributed by atoms with Crippen molar-refractivity contribution in [3.63, 3.8) is 0 Å². The lowest BCUT2D eigenvalue weighted by molar-refractivity contribution is -0.137. The van der Waals surface area contributed by atoms with Crippen LogP contribution in [0.1, 0.15) is 35.0 Å². The lowest BCUT2D eigenvalue weighted by Gasteiger charge is -2.27. The van der Waals surface area contributed by atoms with Gasteiger partial charge >= 0.3 is 0 Å². The van der Waals surface area contributed by atoms with Gasteiger partial charge in [-0.1, -0.05) is 6.07 Å². The van der Waals surface area contributed by atoms with Gasteiger partial charge < -0.3 is 24.1 Å². The fourth-order valence-electron chi connectivity index (χ4n) is 3.61. The predicted octanol–water partition coefficient (Wildman–Crippen LogP) is 2.61. The van der Waals surface area contributed by atoms with Crippen molar-refractivity contribution >= 4 is 17.5 Å². The maximum absolute atomic E-state index is 12.2. The number of rotatable bonds is 4. The third kappa shape index (κ3) is 3.75. The van der Waals surface area contributed by atoms with Gasteiger partial charge in [-0.25, -0.2) is 0 Å². The molecule has 0 saturated carbocycles. The molecule has 7 heteroatoms. The van der Waals surface area contributed by atoms with Crippen LogP contribution in [0.2, 0.25) is 0 Å². The molecule has 1 unspecified atom stereocenters. The number of ether oxygens (including phenoxy) is 2. The first kappa shape index (κ1) is 18.6. The van der Waals surface area contributed by atoms with Gasteiger partial charge in [0.25, 0.3) is 5.91 Å². The summed E-state index contributed by atoms with van der Waals surface area (Å²) >= 11 is 0. The Kier molecular flexibility index (Phi) is 5.09. The van der Waals surface area contributed by atoms with E-state index < -0.39 is 0 Å². The third-order valence-corrected chi connectivity index (χ3v) is 5.32. The summed E-state index contributed by atoms with van der Waals surface area (Å²) in [7, 11) is 0. The molecule has 148 valence electrons. The van der Waals surface area contributed by atoms with Crippen molar-refractivity contribution in [3.8, 4) is 5.75 Å². The number of morpholine rings is 1. The van der Waals surface area contributed by atoms with Crippen molar-refractivity contribution < 1.29 is 23.5 Å². The second-order valence-electron chi connectivity index (χ2n) is 7.22. The largest absolute Gasteiger partial charge is 0.484 e. The van der Waals surface area contributed by atoms with Crippen molar-refractivity contribution in [2.45, 2.75) is 26.2 Å². The Morgan fingerprint density at radius 1 is 1.25 bits per heavy atom. The van der Waals surface area contributed by atoms with Crippen LogP contribution in [0.4, 0.5) is 5.69 Å². The molecular weight excluding hydrogens is 360 g/mol. The van der Waals surface area contributed by atoms with Gasteiger partial charge in [-0.15, -0.1) is 0 Å². The number of furan rings is 1. The number of carbonyl (C=O) groups excluding carboxylic acids is 2. The van der Waals surface area contributed by atoms with Crippen LogP contribution >= 0.6 is 0 Å². The molecule has 1 N–H and O–H groups in total. The zero-order valence-electron chi connectivity index (χ0n) is 16.1. The maximum atomic E-state index is 12.2. The smallest absolute Gasteiger partial charge is 0.260 e. The first-order valence-corrected chi connectivity index (χ1v) is 9.50. The summed E-state index contributed by atoms with van der Waals surface area (Å²) in [6.45, 7) is 6.18. The van der Waals surface area contributed by atoms with E-state index in [4.69, 9.17) is 13.9 Å². The van der Waals surface area contributed by atoms with E-state index in [-0.39, 0.29) is 24.3 Å². The van der Waals surface area contributed by atoms with Gasteiger partial charge in [0.05, 0.1) is 19.1 Å². The lowest BCUT2D eigenvalue weighted by atomic mass is 9.88. The molecule has 2 aromatic rings. The quantitative estimate of drug-likeness (QED) is 0.876. The molecule has 2 amide bonds. The van der Waals surface area contributed by atoms with E-state index in [9.17, 15) is 9.59 Å². The number of anilines is 1. The summed E-state index contributed by atoms with van der Waals surface area (Å²) in [6, 6.07) is 7.53. The van der Waals surface area contributed by atoms with E-state index in [1.807, 2.05) is 32.0 Å². The van der Waals surface area contributed by atoms with Crippen LogP contribution in [0.25, 0.3) is 0 Å². The molecule has 28 heavy (non-hydrogen) atoms. The van der Waals surface area contributed by atoms with Gasteiger partial charge in [-0.3, -0.25) is 9.59 Å². The van der Waals surface area contributed by atoms with Crippen molar-refractivity contribution in [2.75, 3.05) is 38.2 Å². The summed E-state index contributed by atoms with van der Waals surface area (Å²) in [5.74, 6) is 1.95. The van der Waals surface area contributed by atoms with E-state index in [2.05, 4.69) is 5.32 Å². The molecular formula is C21H24N2O5. The van der Waals surface area contributed by atoms with Gasteiger partial charge in [-0.2, -0.15) is 0 Å². The number of hydrogen-bond donors (Lipinski definition) is 1. The highest BCUT2D eigenvalue weighted by atomic mass is 16.5. The average Bonchev–Trinajstić information content (AvgIpc) is 3.04. The Hall–Kier alpha value is -2.80. The first-order valence-electron chi connectivity index (χ1n) is 9.50. The fourth-order valence-corrected chi connectivity index (χ4v) is 3.61. The van der Waals surface area contributed by atoms with Gasteiger partial charge in [0.2, 0.25) is 5.91 Å². The maximum Gasteiger partial charge on any atom is 0.260 e. The van der Waals surface area contributed by atoms with E-state index >= 15 is 0 Å². The number of nitrogens with zero attached hydrogens (tertiary/aromatic N) is 1. The number of hydrogen-bond acceptors (Lipinski definition) is 5. The molecule has 7 nitrogen and oxygen atoms in total. The van der Waals surface area contributed by atoms with E-state index in [0.29, 0.717) is 44.2 Å². The minimum atomic E-state index is -0.125. The molecule has 1 atom stereocenters. The number of carbonyl (C=O) groups is 2. The van der Waals surface area contributed by atoms with Crippen molar-refractivity contribution in [1.29, 1.82) is 0 Å². The predicted molar refractivity (Wildman–Crippen MR) is 103 cm³/mol. The Labute approximate surface area is 163 Å². The second kappa shape index (κ2) is 7.67. The number of aryl methyl sites for hydroxylation is 2. The zero-order valence-corrected chi connectivity index (χ0v) is 16.1. The van der Waals surface area contributed by atoms with E-state index in [0.717, 1.165) is 22.6 Å². The summed E-state index contributed by atoms with van der Waals surface area (Å²) < 4.78 is 16.8. The fraction of sp³-hybridized carbons (Fsp3) is 0.429.